The molecule has 3 saturated heterocycles. The van der Waals surface area contributed by atoms with E-state index in [9.17, 15) is 38.1 Å². The van der Waals surface area contributed by atoms with E-state index in [1.807, 2.05) is 14.1 Å². The van der Waals surface area contributed by atoms with Crippen LogP contribution in [0.1, 0.15) is 80.1 Å². The van der Waals surface area contributed by atoms with Gasteiger partial charge in [0.2, 0.25) is 0 Å². The van der Waals surface area contributed by atoms with Crippen molar-refractivity contribution in [2.75, 3.05) is 64.9 Å². The summed E-state index contributed by atoms with van der Waals surface area (Å²) in [4.78, 5) is 36.2. The fourth-order valence-electron chi connectivity index (χ4n) is 11.0. The summed E-state index contributed by atoms with van der Waals surface area (Å²) in [6.45, 7) is 10.4. The average molecular weight is 1310 g/mol. The van der Waals surface area contributed by atoms with Crippen LogP contribution in [0.25, 0.3) is 0 Å². The van der Waals surface area contributed by atoms with Crippen molar-refractivity contribution in [3.05, 3.63) is 183 Å². The number of ether oxygens (including phenoxy) is 1. The third-order valence-electron chi connectivity index (χ3n) is 15.4. The molecule has 4 aromatic heterocycles. The van der Waals surface area contributed by atoms with Gasteiger partial charge in [-0.2, -0.15) is 20.4 Å². The minimum atomic E-state index is -3.65. The smallest absolute Gasteiger partial charge is 0.261 e. The van der Waals surface area contributed by atoms with Crippen LogP contribution in [-0.4, -0.2) is 170 Å². The number of aromatic nitrogens is 4. The normalized spacial score (nSPS) is 19.2. The number of pyridine rings is 4. The lowest BCUT2D eigenvalue weighted by atomic mass is 10.0. The molecule has 29 heteroatoms. The van der Waals surface area contributed by atoms with Gasteiger partial charge in [-0.15, -0.1) is 11.8 Å². The van der Waals surface area contributed by atoms with Gasteiger partial charge in [0.05, 0.1) is 67.7 Å². The predicted octanol–water partition coefficient (Wildman–Crippen LogP) is 5.76. The van der Waals surface area contributed by atoms with Crippen LogP contribution >= 0.6 is 23.5 Å². The molecule has 3 fully saturated rings. The Morgan fingerprint density at radius 1 is 0.614 bits per heavy atom. The molecule has 2 N–H and O–H groups in total. The Labute approximate surface area is 522 Å². The van der Waals surface area contributed by atoms with Crippen LogP contribution in [0.5, 0.6) is 0 Å². The van der Waals surface area contributed by atoms with Crippen molar-refractivity contribution in [1.29, 1.82) is 0 Å². The minimum Gasteiger partial charge on any atom is -0.375 e. The van der Waals surface area contributed by atoms with E-state index in [2.05, 4.69) is 87.2 Å². The number of thioether (sulfide) groups is 2. The van der Waals surface area contributed by atoms with Crippen LogP contribution in [0.4, 0.5) is 4.39 Å². The second-order valence-corrected chi connectivity index (χ2v) is 31.0. The van der Waals surface area contributed by atoms with Crippen molar-refractivity contribution in [3.63, 3.8) is 0 Å². The highest BCUT2D eigenvalue weighted by Crippen LogP contribution is 2.34. The largest absolute Gasteiger partial charge is 0.375 e. The van der Waals surface area contributed by atoms with E-state index >= 15 is 0 Å². The Morgan fingerprint density at radius 2 is 1.08 bits per heavy atom. The van der Waals surface area contributed by atoms with E-state index in [-0.39, 0.29) is 57.3 Å². The maximum absolute atomic E-state index is 12.8. The molecule has 0 spiro atoms. The molecule has 7 aliphatic heterocycles. The van der Waals surface area contributed by atoms with Crippen LogP contribution in [-0.2, 0) is 76.8 Å². The standard InChI is InChI=1S/C19H23N3O2S2.C15H14FN3O2S2.C13H18N4O2S.C12H13N3O3S/c1-13-9-14(2)17(15(3)10-13)12-25-8-7-22-26(23,24)19-16-5-4-6-20-18(16)11-21-19;16-11-3-5-12(6-4-11)22-9-8-19-23(20,21)15-13-2-1-7-17-14(13)10-18-15;1-16(2)10-5-7-17(9-10)20(18,19)13-11-4-3-6-14-12(11)8-15-13;16-19(17,15-6-9-4-8(15)7-18-9)12-10-2-1-3-13-11(10)5-14-12/h4-6,9-10,22H,7-8,11-12H2,1-3H3;1-7,19H,8-10H2;3-4,6,10H,5,7-9H2,1-2H3;1-3,8-9H,4-7H2/t;;;8-,9-/m...1/s1. The van der Waals surface area contributed by atoms with Crippen LogP contribution in [0.3, 0.4) is 0 Å². The number of rotatable bonds is 14. The highest BCUT2D eigenvalue weighted by molar-refractivity contribution is 8.06. The van der Waals surface area contributed by atoms with E-state index in [4.69, 9.17) is 4.74 Å². The number of aliphatic imine (C=N–C) groups is 4. The highest BCUT2D eigenvalue weighted by atomic mass is 32.2. The Balaban J connectivity index is 0.000000130. The van der Waals surface area contributed by atoms with Gasteiger partial charge >= 0.3 is 0 Å². The average Bonchev–Trinajstić information content (AvgIpc) is 2.06. The van der Waals surface area contributed by atoms with Crippen molar-refractivity contribution in [3.8, 4) is 0 Å². The Morgan fingerprint density at radius 3 is 1.53 bits per heavy atom. The lowest BCUT2D eigenvalue weighted by molar-refractivity contribution is 0.0615. The predicted molar refractivity (Wildman–Crippen MR) is 342 cm³/mol. The maximum atomic E-state index is 12.8. The number of likely N-dealkylation sites (N-methyl/N-ethyl adjacent to an activating group) is 1. The van der Waals surface area contributed by atoms with E-state index in [1.165, 1.54) is 46.1 Å². The molecule has 2 aromatic carbocycles. The molecule has 7 aliphatic rings. The first-order valence-electron chi connectivity index (χ1n) is 28.4. The molecule has 6 aromatic rings. The first kappa shape index (κ1) is 64.9. The molecule has 0 amide bonds. The number of aryl methyl sites for hydroxylation is 3. The SMILES string of the molecule is CN(C)C1CCN(S(=O)(=O)C2=NCc3ncccc32)C1.Cc1cc(C)c(CSCCNS(=O)(=O)C2=NCc3ncccc32)c(C)c1.O=S(=O)(C1=NCc2ncccc21)N1C[C@H]2C[C@@H]1CO2.O=S(=O)(NCCSc1ccc(F)cc1)C1=NCc2ncccc21. The zero-order valence-electron chi connectivity index (χ0n) is 49.2. The fraction of sp³-hybridized carbons (Fsp3) is 0.390. The first-order valence-corrected chi connectivity index (χ1v) is 36.4. The molecule has 466 valence electrons. The third-order valence-corrected chi connectivity index (χ3v) is 24.1. The van der Waals surface area contributed by atoms with Gasteiger partial charge in [0.15, 0.2) is 20.2 Å². The molecule has 2 bridgehead atoms. The summed E-state index contributed by atoms with van der Waals surface area (Å²) in [5, 5.41) is 0.506. The van der Waals surface area contributed by atoms with Gasteiger partial charge in [0.1, 0.15) is 5.82 Å². The van der Waals surface area contributed by atoms with Crippen molar-refractivity contribution in [1.82, 2.24) is 42.9 Å². The molecule has 0 radical (unpaired) electrons. The van der Waals surface area contributed by atoms with Crippen molar-refractivity contribution in [2.45, 2.75) is 88.6 Å². The zero-order valence-corrected chi connectivity index (χ0v) is 54.1. The van der Waals surface area contributed by atoms with E-state index in [0.717, 1.165) is 34.9 Å². The van der Waals surface area contributed by atoms with Gasteiger partial charge < -0.3 is 9.64 Å². The second-order valence-electron chi connectivity index (χ2n) is 21.7. The number of benzene rings is 2. The van der Waals surface area contributed by atoms with Crippen molar-refractivity contribution < 1.29 is 42.8 Å². The van der Waals surface area contributed by atoms with Gasteiger partial charge in [-0.1, -0.05) is 17.7 Å². The molecular weight excluding hydrogens is 1250 g/mol. The molecule has 3 atom stereocenters. The van der Waals surface area contributed by atoms with E-state index in [0.29, 0.717) is 97.6 Å². The molecule has 11 heterocycles. The van der Waals surface area contributed by atoms with Gasteiger partial charge in [0.25, 0.3) is 40.1 Å². The second kappa shape index (κ2) is 28.0. The Bertz CT molecular complexity index is 4150. The Hall–Kier alpha value is -6.09. The van der Waals surface area contributed by atoms with Gasteiger partial charge in [0, 0.05) is 108 Å². The quantitative estimate of drug-likeness (QED) is 0.0968. The Kier molecular flexibility index (Phi) is 20.6. The van der Waals surface area contributed by atoms with Gasteiger partial charge in [-0.25, -0.2) is 47.5 Å². The molecule has 1 unspecified atom stereocenters. The van der Waals surface area contributed by atoms with Crippen molar-refractivity contribution >= 4 is 83.8 Å². The molecule has 88 heavy (non-hydrogen) atoms. The zero-order chi connectivity index (χ0) is 62.4. The molecule has 13 rings (SSSR count). The first-order chi connectivity index (χ1) is 42.1. The number of sulfonamides is 4. The number of nitrogens with one attached hydrogen (secondary N) is 2. The summed E-state index contributed by atoms with van der Waals surface area (Å²) in [5.74, 6) is 1.84. The van der Waals surface area contributed by atoms with E-state index in [1.54, 1.807) is 106 Å². The van der Waals surface area contributed by atoms with Crippen molar-refractivity contribution in [2.24, 2.45) is 20.0 Å². The number of morpholine rings is 1. The molecule has 0 aliphatic carbocycles. The van der Waals surface area contributed by atoms with Crippen LogP contribution in [0, 0.1) is 26.6 Å². The number of halogens is 1. The number of nitrogens with zero attached hydrogens (tertiary/aromatic N) is 11. The third kappa shape index (κ3) is 14.9. The summed E-state index contributed by atoms with van der Waals surface area (Å²) in [5.41, 5.74) is 10.5. The minimum absolute atomic E-state index is 0.0292. The fourth-order valence-corrected chi connectivity index (χ4v) is 19.0. The summed E-state index contributed by atoms with van der Waals surface area (Å²) in [7, 11) is -10.3. The van der Waals surface area contributed by atoms with Gasteiger partial charge in [-0.05, 0) is 137 Å². The van der Waals surface area contributed by atoms with E-state index < -0.39 is 40.1 Å². The van der Waals surface area contributed by atoms with Gasteiger partial charge in [-0.3, -0.25) is 39.9 Å². The topological polar surface area (TPSA) is 281 Å². The van der Waals surface area contributed by atoms with Crippen LogP contribution in [0.15, 0.2) is 135 Å². The lowest BCUT2D eigenvalue weighted by Crippen LogP contribution is -2.44. The highest BCUT2D eigenvalue weighted by Gasteiger charge is 2.48. The monoisotopic (exact) mass is 1310 g/mol. The summed E-state index contributed by atoms with van der Waals surface area (Å²) < 4.78 is 127. The summed E-state index contributed by atoms with van der Waals surface area (Å²) in [6.07, 6.45) is 8.32. The molecular formula is C59H68FN13O9S6. The lowest BCUT2D eigenvalue weighted by Gasteiger charge is -2.25. The molecule has 22 nitrogen and oxygen atoms in total. The molecule has 0 saturated carbocycles. The van der Waals surface area contributed by atoms with Crippen LogP contribution in [0.2, 0.25) is 0 Å². The summed E-state index contributed by atoms with van der Waals surface area (Å²) in [6, 6.07) is 24.7. The summed E-state index contributed by atoms with van der Waals surface area (Å²) >= 11 is 3.18. The number of fused-ring (bicyclic) bond motifs is 6. The number of hydrogen-bond donors (Lipinski definition) is 2. The number of hydrogen-bond acceptors (Lipinski definition) is 20. The van der Waals surface area contributed by atoms with Crippen LogP contribution < -0.4 is 9.44 Å². The maximum Gasteiger partial charge on any atom is 0.261 e.